The van der Waals surface area contributed by atoms with Gasteiger partial charge in [0.2, 0.25) is 0 Å². The Labute approximate surface area is 146 Å². The number of hydrogen-bond acceptors (Lipinski definition) is 8. The summed E-state index contributed by atoms with van der Waals surface area (Å²) in [5.41, 5.74) is 15.2. The van der Waals surface area contributed by atoms with E-state index in [1.54, 1.807) is 0 Å². The zero-order valence-electron chi connectivity index (χ0n) is 13.1. The van der Waals surface area contributed by atoms with Crippen LogP contribution in [0, 0.1) is 5.92 Å². The maximum atomic E-state index is 10.2. The summed E-state index contributed by atoms with van der Waals surface area (Å²) < 4.78 is 0. The van der Waals surface area contributed by atoms with E-state index in [2.05, 4.69) is 25.3 Å². The minimum atomic E-state index is -1.00. The third kappa shape index (κ3) is 17.2. The standard InChI is InChI=1S/C6H13NO2.2C3H7NO2S/c1-3-4(2)5(7)6(8)9;2*4-2(1-7)3(5)6/h4-5H,3,7H2,1-2H3,(H,8,9);2*2,7H,1,4H2,(H,5,6)/t4-,5-;2*2-/m000/s1. The van der Waals surface area contributed by atoms with Gasteiger partial charge in [-0.2, -0.15) is 25.3 Å². The third-order valence-electron chi connectivity index (χ3n) is 2.57. The maximum Gasteiger partial charge on any atom is 0.321 e. The quantitative estimate of drug-likeness (QED) is 0.261. The molecule has 0 spiro atoms. The summed E-state index contributed by atoms with van der Waals surface area (Å²) in [6.07, 6.45) is 0.813. The lowest BCUT2D eigenvalue weighted by Gasteiger charge is -2.11. The molecule has 4 atom stereocenters. The van der Waals surface area contributed by atoms with Crippen LogP contribution >= 0.6 is 25.3 Å². The molecule has 0 rings (SSSR count). The average molecular weight is 373 g/mol. The van der Waals surface area contributed by atoms with Crippen LogP contribution in [0.2, 0.25) is 0 Å². The lowest BCUT2D eigenvalue weighted by atomic mass is 10.0. The van der Waals surface area contributed by atoms with Gasteiger partial charge in [-0.25, -0.2) is 0 Å². The minimum absolute atomic E-state index is 0.0718. The molecule has 0 heterocycles. The number of rotatable bonds is 7. The van der Waals surface area contributed by atoms with E-state index in [0.717, 1.165) is 6.42 Å². The van der Waals surface area contributed by atoms with Crippen LogP contribution in [0.5, 0.6) is 0 Å². The molecule has 0 bridgehead atoms. The van der Waals surface area contributed by atoms with E-state index in [1.807, 2.05) is 13.8 Å². The van der Waals surface area contributed by atoms with Gasteiger partial charge in [-0.3, -0.25) is 14.4 Å². The molecule has 11 heteroatoms. The van der Waals surface area contributed by atoms with Crippen LogP contribution in [0.4, 0.5) is 0 Å². The number of carboxylic acids is 3. The number of nitrogens with two attached hydrogens (primary N) is 3. The Morgan fingerprint density at radius 2 is 1.17 bits per heavy atom. The number of aliphatic carboxylic acids is 3. The Balaban J connectivity index is -0.000000264. The number of thiol groups is 2. The van der Waals surface area contributed by atoms with E-state index >= 15 is 0 Å². The predicted molar refractivity (Wildman–Crippen MR) is 94.0 cm³/mol. The van der Waals surface area contributed by atoms with E-state index in [-0.39, 0.29) is 17.4 Å². The van der Waals surface area contributed by atoms with E-state index in [4.69, 9.17) is 32.5 Å². The lowest BCUT2D eigenvalue weighted by molar-refractivity contribution is -0.140. The van der Waals surface area contributed by atoms with E-state index in [0.29, 0.717) is 0 Å². The second kappa shape index (κ2) is 15.9. The first-order valence-corrected chi connectivity index (χ1v) is 7.89. The summed E-state index contributed by atoms with van der Waals surface area (Å²) in [7, 11) is 0. The summed E-state index contributed by atoms with van der Waals surface area (Å²) in [6.45, 7) is 3.76. The third-order valence-corrected chi connectivity index (χ3v) is 3.36. The Morgan fingerprint density at radius 1 is 0.870 bits per heavy atom. The van der Waals surface area contributed by atoms with Crippen molar-refractivity contribution >= 4 is 43.2 Å². The summed E-state index contributed by atoms with van der Waals surface area (Å²) in [4.78, 5) is 29.7. The Kier molecular flexibility index (Phi) is 18.5. The van der Waals surface area contributed by atoms with E-state index in [1.165, 1.54) is 0 Å². The molecule has 0 unspecified atom stereocenters. The molecule has 9 nitrogen and oxygen atoms in total. The molecule has 0 aromatic heterocycles. The molecule has 138 valence electrons. The van der Waals surface area contributed by atoms with Crippen molar-refractivity contribution in [3.8, 4) is 0 Å². The minimum Gasteiger partial charge on any atom is -0.480 e. The van der Waals surface area contributed by atoms with Crippen LogP contribution in [0.1, 0.15) is 20.3 Å². The fraction of sp³-hybridized carbons (Fsp3) is 0.750. The number of hydrogen-bond donors (Lipinski definition) is 8. The van der Waals surface area contributed by atoms with E-state index < -0.39 is 36.0 Å². The molecule has 0 fully saturated rings. The van der Waals surface area contributed by atoms with Crippen molar-refractivity contribution in [2.24, 2.45) is 23.1 Å². The second-order valence-electron chi connectivity index (χ2n) is 4.50. The zero-order valence-corrected chi connectivity index (χ0v) is 14.9. The van der Waals surface area contributed by atoms with Crippen molar-refractivity contribution in [2.75, 3.05) is 11.5 Å². The first-order chi connectivity index (χ1) is 10.5. The number of carboxylic acid groups (broad SMARTS) is 3. The van der Waals surface area contributed by atoms with Gasteiger partial charge >= 0.3 is 17.9 Å². The molecule has 0 aliphatic carbocycles. The predicted octanol–water partition coefficient (Wildman–Crippen LogP) is -0.899. The molecule has 0 radical (unpaired) electrons. The SMILES string of the molecule is CC[C@H](C)[C@H](N)C(=O)O.N[C@@H](CS)C(=O)O.N[C@@H](CS)C(=O)O. The average Bonchev–Trinajstić information content (AvgIpc) is 2.52. The van der Waals surface area contributed by atoms with Crippen LogP contribution in [-0.4, -0.2) is 62.9 Å². The highest BCUT2D eigenvalue weighted by molar-refractivity contribution is 7.80. The Morgan fingerprint density at radius 3 is 1.22 bits per heavy atom. The van der Waals surface area contributed by atoms with Gasteiger partial charge in [0, 0.05) is 11.5 Å². The van der Waals surface area contributed by atoms with Gasteiger partial charge < -0.3 is 32.5 Å². The van der Waals surface area contributed by atoms with Crippen molar-refractivity contribution in [1.82, 2.24) is 0 Å². The lowest BCUT2D eigenvalue weighted by Crippen LogP contribution is -2.36. The summed E-state index contributed by atoms with van der Waals surface area (Å²) in [6, 6.07) is -2.33. The molecule has 0 saturated carbocycles. The molecular weight excluding hydrogens is 346 g/mol. The van der Waals surface area contributed by atoms with E-state index in [9.17, 15) is 14.4 Å². The van der Waals surface area contributed by atoms with Gasteiger partial charge in [0.25, 0.3) is 0 Å². The second-order valence-corrected chi connectivity index (χ2v) is 5.23. The first-order valence-electron chi connectivity index (χ1n) is 6.62. The Hall–Kier alpha value is -1.01. The van der Waals surface area contributed by atoms with Crippen molar-refractivity contribution < 1.29 is 29.7 Å². The molecule has 0 aromatic rings. The normalized spacial score (nSPS) is 14.7. The van der Waals surface area contributed by atoms with Crippen LogP contribution in [0.15, 0.2) is 0 Å². The van der Waals surface area contributed by atoms with Crippen molar-refractivity contribution in [1.29, 1.82) is 0 Å². The summed E-state index contributed by atoms with van der Waals surface area (Å²) >= 11 is 7.30. The fourth-order valence-corrected chi connectivity index (χ4v) is 0.966. The summed E-state index contributed by atoms with van der Waals surface area (Å²) in [5, 5.41) is 24.4. The molecule has 0 aromatic carbocycles. The maximum absolute atomic E-state index is 10.2. The molecule has 0 aliphatic heterocycles. The van der Waals surface area contributed by atoms with Gasteiger partial charge in [0.15, 0.2) is 0 Å². The smallest absolute Gasteiger partial charge is 0.321 e. The highest BCUT2D eigenvalue weighted by Crippen LogP contribution is 2.04. The first kappa shape index (κ1) is 26.9. The summed E-state index contributed by atoms with van der Waals surface area (Å²) in [5.74, 6) is -2.47. The monoisotopic (exact) mass is 373 g/mol. The molecule has 0 aliphatic rings. The Bertz CT molecular complexity index is 340. The fourth-order valence-electron chi connectivity index (χ4n) is 0.654. The van der Waals surface area contributed by atoms with Crippen molar-refractivity contribution in [3.05, 3.63) is 0 Å². The highest BCUT2D eigenvalue weighted by atomic mass is 32.1. The molecule has 0 amide bonds. The van der Waals surface area contributed by atoms with Gasteiger partial charge in [-0.1, -0.05) is 20.3 Å². The van der Waals surface area contributed by atoms with Crippen molar-refractivity contribution in [3.63, 3.8) is 0 Å². The zero-order chi connectivity index (χ0) is 19.2. The number of carbonyl (C=O) groups is 3. The molecule has 0 saturated heterocycles. The largest absolute Gasteiger partial charge is 0.480 e. The van der Waals surface area contributed by atoms with Crippen LogP contribution in [-0.2, 0) is 14.4 Å². The van der Waals surface area contributed by atoms with Gasteiger partial charge in [0.1, 0.15) is 18.1 Å². The van der Waals surface area contributed by atoms with Gasteiger partial charge in [0.05, 0.1) is 0 Å². The van der Waals surface area contributed by atoms with Crippen LogP contribution < -0.4 is 17.2 Å². The molecule has 9 N–H and O–H groups in total. The van der Waals surface area contributed by atoms with Crippen LogP contribution in [0.25, 0.3) is 0 Å². The topological polar surface area (TPSA) is 190 Å². The molecule has 23 heavy (non-hydrogen) atoms. The van der Waals surface area contributed by atoms with Crippen molar-refractivity contribution in [2.45, 2.75) is 38.4 Å². The van der Waals surface area contributed by atoms with Crippen LogP contribution in [0.3, 0.4) is 0 Å². The molecular formula is C12H27N3O6S2. The van der Waals surface area contributed by atoms with Gasteiger partial charge in [-0.05, 0) is 5.92 Å². The van der Waals surface area contributed by atoms with Gasteiger partial charge in [-0.15, -0.1) is 0 Å². The highest BCUT2D eigenvalue weighted by Gasteiger charge is 2.17.